The molecule has 25 heavy (non-hydrogen) atoms. The van der Waals surface area contributed by atoms with Gasteiger partial charge in [-0.3, -0.25) is 0 Å². The number of halogens is 2. The van der Waals surface area contributed by atoms with Crippen molar-refractivity contribution < 1.29 is 8.78 Å². The van der Waals surface area contributed by atoms with Gasteiger partial charge in [-0.1, -0.05) is 49.5 Å². The molecule has 0 aromatic heterocycles. The number of hydrogen-bond donors (Lipinski definition) is 0. The Morgan fingerprint density at radius 3 is 2.28 bits per heavy atom. The van der Waals surface area contributed by atoms with Gasteiger partial charge < -0.3 is 0 Å². The van der Waals surface area contributed by atoms with E-state index in [1.54, 1.807) is 18.2 Å². The normalized spacial score (nSPS) is 30.2. The molecule has 0 radical (unpaired) electrons. The molecule has 0 spiro atoms. The van der Waals surface area contributed by atoms with Crippen molar-refractivity contribution in [3.05, 3.63) is 48.1 Å². The van der Waals surface area contributed by atoms with Crippen molar-refractivity contribution in [2.75, 3.05) is 0 Å². The van der Waals surface area contributed by atoms with E-state index in [4.69, 9.17) is 0 Å². The molecule has 1 aliphatic carbocycles. The summed E-state index contributed by atoms with van der Waals surface area (Å²) in [5, 5.41) is 0. The molecule has 2 fully saturated rings. The molecule has 0 N–H and O–H groups in total. The average Bonchev–Trinajstić information content (AvgIpc) is 2.65. The van der Waals surface area contributed by atoms with Gasteiger partial charge in [-0.25, -0.2) is 8.78 Å². The lowest BCUT2D eigenvalue weighted by Crippen LogP contribution is -2.28. The summed E-state index contributed by atoms with van der Waals surface area (Å²) in [5.41, 5.74) is 0.996. The van der Waals surface area contributed by atoms with E-state index in [2.05, 4.69) is 12.7 Å². The second-order valence-electron chi connectivity index (χ2n) is 8.29. The second-order valence-corrected chi connectivity index (χ2v) is 11.7. The van der Waals surface area contributed by atoms with Gasteiger partial charge in [0.2, 0.25) is 0 Å². The Bertz CT molecular complexity index is 555. The second kappa shape index (κ2) is 9.11. The largest absolute Gasteiger partial charge is 0.204 e. The van der Waals surface area contributed by atoms with Crippen LogP contribution in [0.15, 0.2) is 30.9 Å². The predicted octanol–water partition coefficient (Wildman–Crippen LogP) is 6.84. The molecule has 0 atom stereocenters. The molecule has 1 heterocycles. The van der Waals surface area contributed by atoms with E-state index >= 15 is 0 Å². The van der Waals surface area contributed by atoms with Crippen molar-refractivity contribution in [1.29, 1.82) is 0 Å². The number of allylic oxidation sites excluding steroid dienone is 1. The first kappa shape index (κ1) is 18.8. The van der Waals surface area contributed by atoms with E-state index in [1.807, 2.05) is 0 Å². The maximum atomic E-state index is 13.5. The number of benzene rings is 1. The fourth-order valence-corrected chi connectivity index (χ4v) is 8.67. The third kappa shape index (κ3) is 5.03. The first-order chi connectivity index (χ1) is 12.2. The van der Waals surface area contributed by atoms with E-state index in [9.17, 15) is 8.78 Å². The van der Waals surface area contributed by atoms with Gasteiger partial charge in [0, 0.05) is 8.80 Å². The zero-order chi connectivity index (χ0) is 17.6. The average molecular weight is 363 g/mol. The van der Waals surface area contributed by atoms with Crippen molar-refractivity contribution >= 4 is 8.80 Å². The number of rotatable bonds is 6. The minimum absolute atomic E-state index is 0.427. The van der Waals surface area contributed by atoms with Crippen LogP contribution in [0, 0.1) is 23.5 Å². The predicted molar refractivity (Wildman–Crippen MR) is 105 cm³/mol. The third-order valence-corrected chi connectivity index (χ3v) is 10.3. The summed E-state index contributed by atoms with van der Waals surface area (Å²) in [6.07, 6.45) is 12.4. The van der Waals surface area contributed by atoms with Crippen LogP contribution in [0.1, 0.15) is 62.8 Å². The standard InChI is InChI=1S/C22H32F2Si/c1-2-3-4-13-25-14-11-19(12-15-25)17-5-7-18(8-6-17)20-9-10-21(23)22(24)16-20/h2,9-10,16-19,25H,1,3-8,11-15H2/t17-,18-,19-,25-. The fraction of sp³-hybridized carbons (Fsp3) is 0.636. The highest BCUT2D eigenvalue weighted by atomic mass is 28.3. The van der Waals surface area contributed by atoms with Crippen molar-refractivity contribution in [3.8, 4) is 0 Å². The minimum atomic E-state index is -0.730. The SMILES string of the molecule is C=CCCC[Si@H]1CC[C@H]([C@H]2CC[C@H](c3ccc(F)c(F)c3)CC2)CC1. The molecular weight excluding hydrogens is 330 g/mol. The van der Waals surface area contributed by atoms with Gasteiger partial charge in [-0.2, -0.15) is 0 Å². The maximum Gasteiger partial charge on any atom is 0.159 e. The highest BCUT2D eigenvalue weighted by molar-refractivity contribution is 6.58. The first-order valence-corrected chi connectivity index (χ1v) is 12.7. The van der Waals surface area contributed by atoms with E-state index in [0.717, 1.165) is 30.2 Å². The molecule has 1 aromatic rings. The molecule has 1 aliphatic heterocycles. The molecule has 3 heteroatoms. The molecule has 2 aliphatic rings. The number of hydrogen-bond acceptors (Lipinski definition) is 0. The van der Waals surface area contributed by atoms with E-state index in [1.165, 1.54) is 56.7 Å². The first-order valence-electron chi connectivity index (χ1n) is 10.2. The van der Waals surface area contributed by atoms with Gasteiger partial charge >= 0.3 is 0 Å². The highest BCUT2D eigenvalue weighted by Gasteiger charge is 2.31. The molecule has 0 bridgehead atoms. The Hall–Kier alpha value is -0.963. The molecule has 138 valence electrons. The zero-order valence-electron chi connectivity index (χ0n) is 15.4. The van der Waals surface area contributed by atoms with Crippen molar-refractivity contribution in [2.45, 2.75) is 75.4 Å². The lowest BCUT2D eigenvalue weighted by Gasteiger charge is -2.37. The van der Waals surface area contributed by atoms with Crippen molar-refractivity contribution in [3.63, 3.8) is 0 Å². The van der Waals surface area contributed by atoms with Crippen LogP contribution in [0.2, 0.25) is 18.1 Å². The van der Waals surface area contributed by atoms with Crippen molar-refractivity contribution in [2.24, 2.45) is 11.8 Å². The van der Waals surface area contributed by atoms with Gasteiger partial charge in [0.1, 0.15) is 0 Å². The molecular formula is C22H32F2Si. The van der Waals surface area contributed by atoms with Crippen LogP contribution in [-0.4, -0.2) is 8.80 Å². The van der Waals surface area contributed by atoms with E-state index < -0.39 is 20.4 Å². The zero-order valence-corrected chi connectivity index (χ0v) is 16.5. The topological polar surface area (TPSA) is 0 Å². The van der Waals surface area contributed by atoms with Crippen LogP contribution in [-0.2, 0) is 0 Å². The third-order valence-electron chi connectivity index (χ3n) is 6.77. The quantitative estimate of drug-likeness (QED) is 0.295. The molecule has 1 aromatic carbocycles. The molecule has 0 nitrogen and oxygen atoms in total. The van der Waals surface area contributed by atoms with Gasteiger partial charge in [0.25, 0.3) is 0 Å². The van der Waals surface area contributed by atoms with Gasteiger partial charge in [-0.15, -0.1) is 6.58 Å². The summed E-state index contributed by atoms with van der Waals surface area (Å²) >= 11 is 0. The van der Waals surface area contributed by atoms with Crippen LogP contribution in [0.3, 0.4) is 0 Å². The maximum absolute atomic E-state index is 13.5. The molecule has 0 unspecified atom stereocenters. The Kier molecular flexibility index (Phi) is 6.86. The molecule has 3 rings (SSSR count). The molecule has 1 saturated carbocycles. The molecule has 0 amide bonds. The summed E-state index contributed by atoms with van der Waals surface area (Å²) in [7, 11) is -0.448. The number of unbranched alkanes of at least 4 members (excludes halogenated alkanes) is 1. The minimum Gasteiger partial charge on any atom is -0.204 e. The van der Waals surface area contributed by atoms with E-state index in [-0.39, 0.29) is 0 Å². The van der Waals surface area contributed by atoms with Crippen LogP contribution in [0.4, 0.5) is 8.78 Å². The van der Waals surface area contributed by atoms with Crippen LogP contribution >= 0.6 is 0 Å². The summed E-state index contributed by atoms with van der Waals surface area (Å²) in [6.45, 7) is 3.83. The Morgan fingerprint density at radius 2 is 1.64 bits per heavy atom. The monoisotopic (exact) mass is 362 g/mol. The summed E-state index contributed by atoms with van der Waals surface area (Å²) in [5.74, 6) is 0.820. The van der Waals surface area contributed by atoms with Gasteiger partial charge in [-0.05, 0) is 67.6 Å². The Balaban J connectivity index is 1.43. The van der Waals surface area contributed by atoms with Gasteiger partial charge in [0.15, 0.2) is 11.6 Å². The van der Waals surface area contributed by atoms with Crippen molar-refractivity contribution in [1.82, 2.24) is 0 Å². The summed E-state index contributed by atoms with van der Waals surface area (Å²) in [4.78, 5) is 0. The Morgan fingerprint density at radius 1 is 0.960 bits per heavy atom. The molecule has 1 saturated heterocycles. The summed E-state index contributed by atoms with van der Waals surface area (Å²) < 4.78 is 26.6. The lowest BCUT2D eigenvalue weighted by molar-refractivity contribution is 0.216. The Labute approximate surface area is 153 Å². The van der Waals surface area contributed by atoms with Crippen LogP contribution < -0.4 is 0 Å². The summed E-state index contributed by atoms with van der Waals surface area (Å²) in [6, 6.07) is 9.09. The van der Waals surface area contributed by atoms with Gasteiger partial charge in [0.05, 0.1) is 0 Å². The lowest BCUT2D eigenvalue weighted by atomic mass is 9.72. The van der Waals surface area contributed by atoms with Crippen LogP contribution in [0.25, 0.3) is 0 Å². The van der Waals surface area contributed by atoms with Crippen LogP contribution in [0.5, 0.6) is 0 Å². The van der Waals surface area contributed by atoms with E-state index in [0.29, 0.717) is 5.92 Å². The smallest absolute Gasteiger partial charge is 0.159 e. The fourth-order valence-electron chi connectivity index (χ4n) is 5.19. The highest BCUT2D eigenvalue weighted by Crippen LogP contribution is 2.43.